The number of hydrogen-bond donors (Lipinski definition) is 4. The number of hydrogen-bond acceptors (Lipinski definition) is 10. The van der Waals surface area contributed by atoms with Crippen molar-refractivity contribution in [2.75, 3.05) is 0 Å². The largest absolute Gasteiger partial charge is 2.00 e. The fourth-order valence-electron chi connectivity index (χ4n) is 10.8. The summed E-state index contributed by atoms with van der Waals surface area (Å²) in [5, 5.41) is 58.2. The number of carboxylic acid groups (broad SMARTS) is 2. The molecular weight excluding hydrogens is 1130 g/mol. The van der Waals surface area contributed by atoms with Gasteiger partial charge in [-0.1, -0.05) is 265 Å². The summed E-state index contributed by atoms with van der Waals surface area (Å²) in [5.74, 6) is 2.07. The standard InChI is InChI=1S/C56H92N2.2C10H12O4.Ni/c1-7-13-15-16-17-18-19-20-21-22-23-24-25-26-27-28-29-30-31-32-33-34-35-36-37-38-39-40-42-56(58-54-47-51(11-5)44-52(12-6)48-54)55(41-14-8-2)57-53-45-49(9-3)43-50(10-4)46-53;2*1-2-3-6-4-5-7(11)9(12)8(6)10(13)14;/h43-48H,7-39,41H2,1-6H3;2*4-5,11-12H,2-3H2,1H3,(H,13,14);/q;;;+2/p-2. The molecule has 0 aliphatic heterocycles. The van der Waals surface area contributed by atoms with Crippen LogP contribution in [-0.4, -0.2) is 43.8 Å². The molecule has 0 spiro atoms. The maximum Gasteiger partial charge on any atom is 2.00 e. The Hall–Kier alpha value is -5.59. The predicted molar refractivity (Wildman–Crippen MR) is 358 cm³/mol. The van der Waals surface area contributed by atoms with E-state index in [1.807, 2.05) is 13.8 Å². The molecule has 0 aliphatic carbocycles. The zero-order valence-corrected chi connectivity index (χ0v) is 56.3. The van der Waals surface area contributed by atoms with E-state index in [4.69, 9.17) is 20.2 Å². The van der Waals surface area contributed by atoms with Crippen LogP contribution in [0.15, 0.2) is 70.6 Å². The quantitative estimate of drug-likeness (QED) is 0.0111. The van der Waals surface area contributed by atoms with Crippen LogP contribution in [0.4, 0.5) is 11.4 Å². The number of carbonyl (C=O) groups excluding carboxylic acids is 2. The van der Waals surface area contributed by atoms with Gasteiger partial charge < -0.3 is 40.2 Å². The summed E-state index contributed by atoms with van der Waals surface area (Å²) in [6.07, 6.45) is 47.8. The molecule has 4 N–H and O–H groups in total. The second kappa shape index (κ2) is 50.3. The van der Waals surface area contributed by atoms with Gasteiger partial charge in [-0.15, -0.1) is 0 Å². The fourth-order valence-corrected chi connectivity index (χ4v) is 10.8. The minimum Gasteiger partial charge on any atom is -0.545 e. The van der Waals surface area contributed by atoms with Crippen LogP contribution in [0.5, 0.6) is 23.0 Å². The number of rotatable bonds is 42. The van der Waals surface area contributed by atoms with Gasteiger partial charge in [-0.3, -0.25) is 4.99 Å². The fraction of sp³-hybridized carbons (Fsp3) is 0.605. The molecule has 0 unspecified atom stereocenters. The first-order valence-electron chi connectivity index (χ1n) is 34.1. The third kappa shape index (κ3) is 34.1. The van der Waals surface area contributed by atoms with E-state index in [2.05, 4.69) is 89.8 Å². The Labute approximate surface area is 538 Å². The second-order valence-electron chi connectivity index (χ2n) is 23.5. The molecule has 4 aromatic rings. The molecule has 0 heterocycles. The number of unbranched alkanes of at least 4 members (excludes halogenated alkanes) is 27. The van der Waals surface area contributed by atoms with E-state index in [0.717, 1.165) is 87.0 Å². The summed E-state index contributed by atoms with van der Waals surface area (Å²) < 4.78 is 0. The summed E-state index contributed by atoms with van der Waals surface area (Å²) in [6, 6.07) is 19.1. The molecule has 0 saturated heterocycles. The predicted octanol–water partition coefficient (Wildman–Crippen LogP) is 19.4. The molecular formula is C76H114N2NiO8. The van der Waals surface area contributed by atoms with Crippen molar-refractivity contribution in [2.24, 2.45) is 9.98 Å². The van der Waals surface area contributed by atoms with Gasteiger partial charge in [0.05, 0.1) is 29.0 Å². The average Bonchev–Trinajstić information content (AvgIpc) is 3.55. The number of aromatic hydroxyl groups is 4. The van der Waals surface area contributed by atoms with Gasteiger partial charge >= 0.3 is 16.5 Å². The third-order valence-corrected chi connectivity index (χ3v) is 16.0. The molecule has 4 rings (SSSR count). The van der Waals surface area contributed by atoms with Crippen LogP contribution in [-0.2, 0) is 55.0 Å². The summed E-state index contributed by atoms with van der Waals surface area (Å²) >= 11 is 0. The Balaban J connectivity index is 0.00000105. The van der Waals surface area contributed by atoms with Crippen molar-refractivity contribution < 1.29 is 56.7 Å². The Morgan fingerprint density at radius 1 is 0.402 bits per heavy atom. The van der Waals surface area contributed by atoms with Gasteiger partial charge in [0.25, 0.3) is 0 Å². The van der Waals surface area contributed by atoms with Crippen molar-refractivity contribution in [1.29, 1.82) is 0 Å². The van der Waals surface area contributed by atoms with Gasteiger partial charge in [0, 0.05) is 17.5 Å². The molecule has 0 aromatic heterocycles. The van der Waals surface area contributed by atoms with Gasteiger partial charge in [-0.2, -0.15) is 0 Å². The number of phenolic OH excluding ortho intramolecular Hbond substituents is 2. The normalized spacial score (nSPS) is 11.2. The van der Waals surface area contributed by atoms with E-state index in [1.54, 1.807) is 0 Å². The first-order valence-corrected chi connectivity index (χ1v) is 34.1. The van der Waals surface area contributed by atoms with E-state index in [-0.39, 0.29) is 27.6 Å². The van der Waals surface area contributed by atoms with Gasteiger partial charge in [-0.25, -0.2) is 4.99 Å². The van der Waals surface area contributed by atoms with Crippen molar-refractivity contribution in [1.82, 2.24) is 0 Å². The van der Waals surface area contributed by atoms with Crippen molar-refractivity contribution in [2.45, 2.75) is 299 Å². The molecule has 11 heteroatoms. The summed E-state index contributed by atoms with van der Waals surface area (Å²) in [5.41, 5.74) is 9.66. The molecule has 0 aliphatic rings. The van der Waals surface area contributed by atoms with E-state index in [1.165, 1.54) is 213 Å². The Morgan fingerprint density at radius 2 is 0.713 bits per heavy atom. The van der Waals surface area contributed by atoms with Crippen molar-refractivity contribution in [3.05, 3.63) is 105 Å². The molecule has 0 radical (unpaired) electrons. The van der Waals surface area contributed by atoms with Crippen LogP contribution in [0.2, 0.25) is 0 Å². The van der Waals surface area contributed by atoms with Crippen molar-refractivity contribution in [3.8, 4) is 34.8 Å². The number of benzene rings is 4. The number of carbonyl (C=O) groups is 2. The van der Waals surface area contributed by atoms with E-state index < -0.39 is 34.9 Å². The van der Waals surface area contributed by atoms with Crippen molar-refractivity contribution >= 4 is 34.7 Å². The zero-order valence-electron chi connectivity index (χ0n) is 55.3. The first kappa shape index (κ1) is 79.4. The van der Waals surface area contributed by atoms with Crippen LogP contribution in [0, 0.1) is 11.8 Å². The second-order valence-corrected chi connectivity index (χ2v) is 23.5. The molecule has 0 bridgehead atoms. The number of aromatic carboxylic acids is 2. The minimum atomic E-state index is -1.47. The van der Waals surface area contributed by atoms with Gasteiger partial charge in [0.2, 0.25) is 0 Å². The number of aryl methyl sites for hydroxylation is 6. The van der Waals surface area contributed by atoms with Gasteiger partial charge in [0.1, 0.15) is 5.71 Å². The van der Waals surface area contributed by atoms with Crippen LogP contribution in [0.3, 0.4) is 0 Å². The van der Waals surface area contributed by atoms with Gasteiger partial charge in [0.15, 0.2) is 23.0 Å². The molecule has 0 atom stereocenters. The third-order valence-electron chi connectivity index (χ3n) is 16.0. The average molecular weight is 1240 g/mol. The molecule has 10 nitrogen and oxygen atoms in total. The molecule has 486 valence electrons. The van der Waals surface area contributed by atoms with Crippen LogP contribution in [0.1, 0.15) is 315 Å². The monoisotopic (exact) mass is 1240 g/mol. The Kier molecular flexibility index (Phi) is 45.9. The number of nitrogens with zero attached hydrogens (tertiary/aromatic N) is 2. The van der Waals surface area contributed by atoms with Crippen LogP contribution < -0.4 is 10.2 Å². The molecule has 87 heavy (non-hydrogen) atoms. The van der Waals surface area contributed by atoms with Gasteiger partial charge in [-0.05, 0) is 133 Å². The number of aliphatic imine (C=N–C) groups is 2. The summed E-state index contributed by atoms with van der Waals surface area (Å²) in [6.45, 7) is 17.3. The smallest absolute Gasteiger partial charge is 0.545 e. The summed E-state index contributed by atoms with van der Waals surface area (Å²) in [4.78, 5) is 31.9. The van der Waals surface area contributed by atoms with Crippen molar-refractivity contribution in [3.63, 3.8) is 0 Å². The SMILES string of the molecule is CCCCCCCCCCCCCCCCCCCCCCCCCCCCC#CC(=Nc1cc(CC)cc(CC)c1)C(CCCC)=Nc1cc(CC)cc(CC)c1.CCCc1ccc(O)c(O)c1C(=O)[O-].CCCc1ccc(O)c(O)c1C(=O)[O-].[Ni+2]. The topological polar surface area (TPSA) is 186 Å². The number of phenols is 4. The maximum absolute atomic E-state index is 10.7. The minimum absolute atomic E-state index is 0. The zero-order chi connectivity index (χ0) is 63.2. The van der Waals surface area contributed by atoms with E-state index in [0.29, 0.717) is 24.0 Å². The van der Waals surface area contributed by atoms with E-state index in [9.17, 15) is 30.0 Å². The molecule has 0 saturated carbocycles. The molecule has 0 amide bonds. The maximum atomic E-state index is 10.7. The first-order chi connectivity index (χ1) is 41.7. The molecule has 4 aromatic carbocycles. The summed E-state index contributed by atoms with van der Waals surface area (Å²) in [7, 11) is 0. The Morgan fingerprint density at radius 3 is 1.01 bits per heavy atom. The Bertz CT molecular complexity index is 2530. The molecule has 0 fully saturated rings. The van der Waals surface area contributed by atoms with E-state index >= 15 is 0 Å². The number of carboxylic acids is 2. The van der Waals surface area contributed by atoms with Crippen LogP contribution >= 0.6 is 0 Å². The van der Waals surface area contributed by atoms with Crippen LogP contribution in [0.25, 0.3) is 0 Å².